The van der Waals surface area contributed by atoms with E-state index in [-0.39, 0.29) is 11.4 Å². The second-order valence-corrected chi connectivity index (χ2v) is 6.31. The molecule has 0 spiro atoms. The van der Waals surface area contributed by atoms with Crippen molar-refractivity contribution >= 4 is 34.4 Å². The minimum absolute atomic E-state index is 0.00568. The molecular formula is C21H17ClN2O3. The summed E-state index contributed by atoms with van der Waals surface area (Å²) in [5, 5.41) is 10.7. The Morgan fingerprint density at radius 2 is 1.96 bits per heavy atom. The van der Waals surface area contributed by atoms with E-state index in [1.54, 1.807) is 12.1 Å². The van der Waals surface area contributed by atoms with E-state index in [0.29, 0.717) is 33.3 Å². The van der Waals surface area contributed by atoms with Crippen LogP contribution >= 0.6 is 11.6 Å². The molecule has 3 aromatic rings. The van der Waals surface area contributed by atoms with Crippen LogP contribution in [0.2, 0.25) is 5.02 Å². The minimum atomic E-state index is -0.349. The molecule has 0 saturated carbocycles. The lowest BCUT2D eigenvalue weighted by atomic mass is 9.99. The van der Waals surface area contributed by atoms with Crippen molar-refractivity contribution in [3.63, 3.8) is 0 Å². The Bertz CT molecular complexity index is 1110. The van der Waals surface area contributed by atoms with E-state index in [9.17, 15) is 10.1 Å². The molecule has 1 aromatic heterocycles. The van der Waals surface area contributed by atoms with Crippen LogP contribution in [-0.4, -0.2) is 25.0 Å². The number of aryl methyl sites for hydroxylation is 1. The highest BCUT2D eigenvalue weighted by atomic mass is 35.5. The molecule has 0 aliphatic rings. The van der Waals surface area contributed by atoms with Gasteiger partial charge in [-0.3, -0.25) is 4.79 Å². The summed E-state index contributed by atoms with van der Waals surface area (Å²) in [4.78, 5) is 16.2. The number of carbonyl (C=O) groups is 1. The number of hydrogen-bond donors (Lipinski definition) is 1. The molecule has 27 heavy (non-hydrogen) atoms. The normalized spacial score (nSPS) is 11.3. The summed E-state index contributed by atoms with van der Waals surface area (Å²) in [6.07, 6.45) is 1.50. The number of Topliss-reactive ketones (excluding diaryl/α,β-unsaturated/α-hetero) is 1. The number of halogens is 1. The molecule has 136 valence electrons. The number of nitrogens with one attached hydrogen (secondary N) is 1. The lowest BCUT2D eigenvalue weighted by Crippen LogP contribution is -2.03. The summed E-state index contributed by atoms with van der Waals surface area (Å²) in [6, 6.07) is 12.8. The fourth-order valence-electron chi connectivity index (χ4n) is 3.04. The summed E-state index contributed by atoms with van der Waals surface area (Å²) in [5.74, 6) is 0.469. The number of nitrogens with zero attached hydrogens (tertiary/aromatic N) is 1. The van der Waals surface area contributed by atoms with Gasteiger partial charge in [0.25, 0.3) is 0 Å². The average Bonchev–Trinajstić information content (AvgIpc) is 3.00. The third-order valence-corrected chi connectivity index (χ3v) is 4.53. The van der Waals surface area contributed by atoms with Crippen LogP contribution < -0.4 is 9.47 Å². The van der Waals surface area contributed by atoms with Crippen molar-refractivity contribution in [1.29, 1.82) is 5.26 Å². The number of allylic oxidation sites excluding steroid dienone is 1. The lowest BCUT2D eigenvalue weighted by molar-refractivity contribution is 0.104. The van der Waals surface area contributed by atoms with Crippen LogP contribution in [-0.2, 0) is 0 Å². The summed E-state index contributed by atoms with van der Waals surface area (Å²) >= 11 is 6.22. The van der Waals surface area contributed by atoms with Gasteiger partial charge in [-0.2, -0.15) is 5.26 Å². The van der Waals surface area contributed by atoms with Gasteiger partial charge in [0.2, 0.25) is 5.78 Å². The fourth-order valence-corrected chi connectivity index (χ4v) is 3.34. The van der Waals surface area contributed by atoms with Crippen LogP contribution in [0.4, 0.5) is 0 Å². The predicted molar refractivity (Wildman–Crippen MR) is 106 cm³/mol. The van der Waals surface area contributed by atoms with E-state index in [4.69, 9.17) is 21.1 Å². The number of methoxy groups -OCH3 is 2. The molecule has 0 atom stereocenters. The molecule has 5 nitrogen and oxygen atoms in total. The number of ether oxygens (including phenoxy) is 2. The smallest absolute Gasteiger partial charge is 0.205 e. The Kier molecular flexibility index (Phi) is 5.20. The van der Waals surface area contributed by atoms with Gasteiger partial charge < -0.3 is 14.5 Å². The Balaban J connectivity index is 2.10. The van der Waals surface area contributed by atoms with E-state index < -0.39 is 0 Å². The van der Waals surface area contributed by atoms with Crippen molar-refractivity contribution in [2.75, 3.05) is 14.2 Å². The number of nitriles is 1. The molecule has 0 aliphatic heterocycles. The number of ketones is 1. The maximum atomic E-state index is 13.0. The molecule has 0 radical (unpaired) electrons. The first-order valence-electron chi connectivity index (χ1n) is 8.15. The second-order valence-electron chi connectivity index (χ2n) is 5.91. The van der Waals surface area contributed by atoms with Crippen LogP contribution in [0.5, 0.6) is 11.5 Å². The van der Waals surface area contributed by atoms with Gasteiger partial charge in [0.15, 0.2) is 11.5 Å². The fraction of sp³-hybridized carbons (Fsp3) is 0.143. The van der Waals surface area contributed by atoms with Crippen molar-refractivity contribution in [3.05, 3.63) is 63.8 Å². The van der Waals surface area contributed by atoms with E-state index in [0.717, 1.165) is 10.9 Å². The number of hydrogen-bond acceptors (Lipinski definition) is 4. The van der Waals surface area contributed by atoms with Crippen LogP contribution in [0.25, 0.3) is 17.0 Å². The van der Waals surface area contributed by atoms with Gasteiger partial charge in [0, 0.05) is 16.6 Å². The number of benzene rings is 2. The molecular weight excluding hydrogens is 364 g/mol. The van der Waals surface area contributed by atoms with E-state index in [1.165, 1.54) is 20.3 Å². The van der Waals surface area contributed by atoms with Gasteiger partial charge in [-0.1, -0.05) is 29.8 Å². The van der Waals surface area contributed by atoms with E-state index >= 15 is 0 Å². The van der Waals surface area contributed by atoms with Crippen molar-refractivity contribution in [2.24, 2.45) is 0 Å². The van der Waals surface area contributed by atoms with E-state index in [1.807, 2.05) is 37.3 Å². The molecule has 0 unspecified atom stereocenters. The Labute approximate surface area is 161 Å². The summed E-state index contributed by atoms with van der Waals surface area (Å²) < 4.78 is 10.5. The predicted octanol–water partition coefficient (Wildman–Crippen LogP) is 4.94. The Hall–Kier alpha value is -3.23. The number of para-hydroxylation sites is 1. The Morgan fingerprint density at radius 1 is 1.22 bits per heavy atom. The topological polar surface area (TPSA) is 75.1 Å². The SMILES string of the molecule is COc1cc(C=C(C#N)C(=O)c2c(C)[nH]c3ccccc23)cc(Cl)c1OC. The van der Waals surface area contributed by atoms with E-state index in [2.05, 4.69) is 4.98 Å². The standard InChI is InChI=1S/C21H17ClN2O3/c1-12-19(15-6-4-5-7-17(15)24-12)20(25)14(11-23)8-13-9-16(22)21(27-3)18(10-13)26-2/h4-10,24H,1-3H3. The largest absolute Gasteiger partial charge is 0.493 e. The van der Waals surface area contributed by atoms with Gasteiger partial charge >= 0.3 is 0 Å². The Morgan fingerprint density at radius 3 is 2.63 bits per heavy atom. The maximum Gasteiger partial charge on any atom is 0.205 e. The average molecular weight is 381 g/mol. The zero-order chi connectivity index (χ0) is 19.6. The molecule has 0 fully saturated rings. The second kappa shape index (κ2) is 7.56. The van der Waals surface area contributed by atoms with Crippen LogP contribution in [0.3, 0.4) is 0 Å². The van der Waals surface area contributed by atoms with Gasteiger partial charge in [-0.05, 0) is 36.8 Å². The first-order chi connectivity index (χ1) is 13.0. The highest BCUT2D eigenvalue weighted by Gasteiger charge is 2.20. The molecule has 6 heteroatoms. The zero-order valence-electron chi connectivity index (χ0n) is 15.1. The first-order valence-corrected chi connectivity index (χ1v) is 8.53. The molecule has 0 amide bonds. The maximum absolute atomic E-state index is 13.0. The van der Waals surface area contributed by atoms with Crippen molar-refractivity contribution in [3.8, 4) is 17.6 Å². The van der Waals surface area contributed by atoms with Crippen molar-refractivity contribution in [2.45, 2.75) is 6.92 Å². The molecule has 0 saturated heterocycles. The van der Waals surface area contributed by atoms with Crippen LogP contribution in [0.1, 0.15) is 21.6 Å². The van der Waals surface area contributed by atoms with Crippen LogP contribution in [0.15, 0.2) is 42.0 Å². The third-order valence-electron chi connectivity index (χ3n) is 4.25. The molecule has 0 bridgehead atoms. The van der Waals surface area contributed by atoms with Crippen molar-refractivity contribution < 1.29 is 14.3 Å². The molecule has 2 aromatic carbocycles. The molecule has 0 aliphatic carbocycles. The quantitative estimate of drug-likeness (QED) is 0.386. The number of aromatic amines is 1. The van der Waals surface area contributed by atoms with Gasteiger partial charge in [0.1, 0.15) is 11.6 Å². The first kappa shape index (κ1) is 18.6. The van der Waals surface area contributed by atoms with Gasteiger partial charge in [-0.25, -0.2) is 0 Å². The number of rotatable bonds is 5. The number of carbonyl (C=O) groups excluding carboxylic acids is 1. The van der Waals surface area contributed by atoms with Gasteiger partial charge in [0.05, 0.1) is 24.8 Å². The molecule has 1 N–H and O–H groups in total. The summed E-state index contributed by atoms with van der Waals surface area (Å²) in [7, 11) is 2.98. The summed E-state index contributed by atoms with van der Waals surface area (Å²) in [6.45, 7) is 1.81. The van der Waals surface area contributed by atoms with Gasteiger partial charge in [-0.15, -0.1) is 0 Å². The zero-order valence-corrected chi connectivity index (χ0v) is 15.8. The minimum Gasteiger partial charge on any atom is -0.493 e. The monoisotopic (exact) mass is 380 g/mol. The highest BCUT2D eigenvalue weighted by Crippen LogP contribution is 2.36. The molecule has 3 rings (SSSR count). The number of fused-ring (bicyclic) bond motifs is 1. The number of H-pyrrole nitrogens is 1. The lowest BCUT2D eigenvalue weighted by Gasteiger charge is -2.10. The number of aromatic nitrogens is 1. The highest BCUT2D eigenvalue weighted by molar-refractivity contribution is 6.32. The third kappa shape index (κ3) is 3.40. The van der Waals surface area contributed by atoms with Crippen LogP contribution in [0, 0.1) is 18.3 Å². The van der Waals surface area contributed by atoms with Crippen molar-refractivity contribution in [1.82, 2.24) is 4.98 Å². The molecule has 1 heterocycles. The summed E-state index contributed by atoms with van der Waals surface area (Å²) in [5.41, 5.74) is 2.63.